The number of amides is 1. The zero-order chi connectivity index (χ0) is 22.0. The van der Waals surface area contributed by atoms with Crippen molar-refractivity contribution in [2.45, 2.75) is 26.3 Å². The summed E-state index contributed by atoms with van der Waals surface area (Å²) in [6, 6.07) is 12.0. The number of H-pyrrole nitrogens is 1. The number of hydrogen-bond donors (Lipinski definition) is 2. The third-order valence-corrected chi connectivity index (χ3v) is 5.39. The number of nitrogens with zero attached hydrogens (tertiary/aromatic N) is 3. The number of likely N-dealkylation sites (N-methyl/N-ethyl adjacent to an activating group) is 1. The third-order valence-electron chi connectivity index (χ3n) is 5.39. The van der Waals surface area contributed by atoms with E-state index in [1.165, 1.54) is 5.56 Å². The minimum absolute atomic E-state index is 0.164. The van der Waals surface area contributed by atoms with E-state index >= 15 is 0 Å². The van der Waals surface area contributed by atoms with Gasteiger partial charge in [-0.25, -0.2) is 0 Å². The molecule has 4 rings (SSSR count). The highest BCUT2D eigenvalue weighted by atomic mass is 16.5. The Hall–Kier alpha value is -3.52. The lowest BCUT2D eigenvalue weighted by molar-refractivity contribution is -0.145. The maximum atomic E-state index is 12.0. The number of nitrogens with one attached hydrogen (secondary N) is 1. The van der Waals surface area contributed by atoms with Crippen molar-refractivity contribution in [1.29, 1.82) is 0 Å². The number of aromatic amines is 1. The van der Waals surface area contributed by atoms with Gasteiger partial charge in [0.05, 0.1) is 12.1 Å². The van der Waals surface area contributed by atoms with Crippen molar-refractivity contribution < 1.29 is 19.4 Å². The molecule has 0 bridgehead atoms. The number of azo groups is 1. The molecule has 0 radical (unpaired) electrons. The molecular weight excluding hydrogens is 396 g/mol. The molecule has 2 N–H and O–H groups in total. The Morgan fingerprint density at radius 1 is 1.23 bits per heavy atom. The molecule has 1 aromatic heterocycles. The number of ether oxygens (including phenoxy) is 1. The number of aromatic nitrogens is 1. The first-order chi connectivity index (χ1) is 15.0. The molecule has 8 heteroatoms. The van der Waals surface area contributed by atoms with Gasteiger partial charge in [-0.15, -0.1) is 10.2 Å². The molecule has 1 aliphatic rings. The topological polar surface area (TPSA) is 107 Å². The van der Waals surface area contributed by atoms with E-state index in [1.807, 2.05) is 24.3 Å². The van der Waals surface area contributed by atoms with Gasteiger partial charge in [0.2, 0.25) is 5.88 Å². The van der Waals surface area contributed by atoms with Crippen LogP contribution in [-0.4, -0.2) is 47.1 Å². The summed E-state index contributed by atoms with van der Waals surface area (Å²) in [5.41, 5.74) is 5.45. The van der Waals surface area contributed by atoms with Crippen LogP contribution in [0, 0.1) is 0 Å². The lowest BCUT2D eigenvalue weighted by Crippen LogP contribution is -2.27. The zero-order valence-electron chi connectivity index (χ0n) is 17.5. The lowest BCUT2D eigenvalue weighted by Gasteiger charge is -2.27. The average molecular weight is 420 g/mol. The second-order valence-electron chi connectivity index (χ2n) is 7.56. The van der Waals surface area contributed by atoms with Crippen LogP contribution in [0.5, 0.6) is 5.88 Å². The normalized spacial score (nSPS) is 14.1. The SMILES string of the molecule is CCOC(=O)CC(=O)N=Nc1c(O)[nH]c2c3c(c(-c4ccccc4)cc12)CCN(C)C3. The number of benzene rings is 2. The maximum absolute atomic E-state index is 12.0. The van der Waals surface area contributed by atoms with Gasteiger partial charge in [-0.05, 0) is 48.7 Å². The van der Waals surface area contributed by atoms with Crippen molar-refractivity contribution in [3.8, 4) is 17.0 Å². The molecule has 31 heavy (non-hydrogen) atoms. The Morgan fingerprint density at radius 3 is 2.74 bits per heavy atom. The monoisotopic (exact) mass is 420 g/mol. The van der Waals surface area contributed by atoms with E-state index in [0.717, 1.165) is 41.7 Å². The van der Waals surface area contributed by atoms with Crippen LogP contribution in [0.1, 0.15) is 24.5 Å². The predicted molar refractivity (Wildman–Crippen MR) is 116 cm³/mol. The number of fused-ring (bicyclic) bond motifs is 3. The quantitative estimate of drug-likeness (QED) is 0.367. The highest BCUT2D eigenvalue weighted by Crippen LogP contribution is 2.43. The van der Waals surface area contributed by atoms with E-state index in [-0.39, 0.29) is 18.2 Å². The average Bonchev–Trinajstić information content (AvgIpc) is 3.07. The van der Waals surface area contributed by atoms with Crippen LogP contribution in [0.4, 0.5) is 5.69 Å². The smallest absolute Gasteiger partial charge is 0.315 e. The van der Waals surface area contributed by atoms with Crippen molar-refractivity contribution in [3.05, 3.63) is 47.5 Å². The summed E-state index contributed by atoms with van der Waals surface area (Å²) in [6.07, 6.45) is 0.399. The number of carbonyl (C=O) groups is 2. The summed E-state index contributed by atoms with van der Waals surface area (Å²) in [5.74, 6) is -1.55. The number of carbonyl (C=O) groups excluding carboxylic acids is 2. The van der Waals surface area contributed by atoms with Gasteiger partial charge in [0, 0.05) is 18.5 Å². The molecule has 2 aromatic carbocycles. The summed E-state index contributed by atoms with van der Waals surface area (Å²) >= 11 is 0. The highest BCUT2D eigenvalue weighted by Gasteiger charge is 2.24. The van der Waals surface area contributed by atoms with Crippen LogP contribution in [0.15, 0.2) is 46.6 Å². The second kappa shape index (κ2) is 8.69. The first-order valence-electron chi connectivity index (χ1n) is 10.2. The minimum atomic E-state index is -0.729. The molecule has 0 saturated heterocycles. The Morgan fingerprint density at radius 2 is 2.00 bits per heavy atom. The molecule has 0 aliphatic carbocycles. The summed E-state index contributed by atoms with van der Waals surface area (Å²) in [6.45, 7) is 3.52. The lowest BCUT2D eigenvalue weighted by atomic mass is 9.89. The van der Waals surface area contributed by atoms with Gasteiger partial charge in [0.25, 0.3) is 5.91 Å². The van der Waals surface area contributed by atoms with Crippen LogP contribution in [0.25, 0.3) is 22.0 Å². The largest absolute Gasteiger partial charge is 0.493 e. The van der Waals surface area contributed by atoms with E-state index in [0.29, 0.717) is 5.39 Å². The molecule has 1 aliphatic heterocycles. The predicted octanol–water partition coefficient (Wildman–Crippen LogP) is 4.09. The third kappa shape index (κ3) is 4.20. The molecule has 0 unspecified atom stereocenters. The van der Waals surface area contributed by atoms with Crippen LogP contribution < -0.4 is 0 Å². The standard InChI is InChI=1S/C23H24N4O4/c1-3-31-20(29)12-19(28)25-26-22-17-11-16(14-7-5-4-6-8-14)15-9-10-27(2)13-18(15)21(17)24-23(22)30/h4-8,11,24,30H,3,9-10,12-13H2,1-2H3. The van der Waals surface area contributed by atoms with Crippen LogP contribution in [0.2, 0.25) is 0 Å². The molecule has 160 valence electrons. The van der Waals surface area contributed by atoms with Gasteiger partial charge < -0.3 is 19.7 Å². The van der Waals surface area contributed by atoms with Crippen molar-refractivity contribution in [2.24, 2.45) is 10.2 Å². The van der Waals surface area contributed by atoms with Gasteiger partial charge >= 0.3 is 5.97 Å². The molecule has 0 atom stereocenters. The fraction of sp³-hybridized carbons (Fsp3) is 0.304. The van der Waals surface area contributed by atoms with E-state index in [2.05, 4.69) is 39.3 Å². The molecule has 0 spiro atoms. The molecule has 3 aromatic rings. The molecule has 2 heterocycles. The minimum Gasteiger partial charge on any atom is -0.493 e. The van der Waals surface area contributed by atoms with E-state index in [1.54, 1.807) is 6.92 Å². The fourth-order valence-electron chi connectivity index (χ4n) is 3.98. The molecule has 0 fully saturated rings. The van der Waals surface area contributed by atoms with Crippen molar-refractivity contribution in [2.75, 3.05) is 20.2 Å². The molecular formula is C23H24N4O4. The van der Waals surface area contributed by atoms with E-state index in [4.69, 9.17) is 4.74 Å². The fourth-order valence-corrected chi connectivity index (χ4v) is 3.98. The van der Waals surface area contributed by atoms with Gasteiger partial charge in [-0.2, -0.15) is 0 Å². The van der Waals surface area contributed by atoms with E-state index < -0.39 is 18.3 Å². The summed E-state index contributed by atoms with van der Waals surface area (Å²) < 4.78 is 4.76. The first-order valence-corrected chi connectivity index (χ1v) is 10.2. The van der Waals surface area contributed by atoms with Crippen molar-refractivity contribution >= 4 is 28.5 Å². The zero-order valence-corrected chi connectivity index (χ0v) is 17.5. The maximum Gasteiger partial charge on any atom is 0.315 e. The Kier molecular flexibility index (Phi) is 5.81. The number of esters is 1. The summed E-state index contributed by atoms with van der Waals surface area (Å²) in [4.78, 5) is 28.7. The Labute approximate surface area is 179 Å². The Bertz CT molecular complexity index is 1170. The van der Waals surface area contributed by atoms with Crippen LogP contribution in [0.3, 0.4) is 0 Å². The van der Waals surface area contributed by atoms with E-state index in [9.17, 15) is 14.7 Å². The first kappa shape index (κ1) is 20.7. The molecule has 8 nitrogen and oxygen atoms in total. The van der Waals surface area contributed by atoms with Crippen LogP contribution >= 0.6 is 0 Å². The van der Waals surface area contributed by atoms with Gasteiger partial charge in [0.1, 0.15) is 6.42 Å². The van der Waals surface area contributed by atoms with Gasteiger partial charge in [-0.1, -0.05) is 30.3 Å². The van der Waals surface area contributed by atoms with Crippen molar-refractivity contribution in [1.82, 2.24) is 9.88 Å². The highest BCUT2D eigenvalue weighted by molar-refractivity contribution is 6.01. The number of aromatic hydroxyl groups is 1. The number of hydrogen-bond acceptors (Lipinski definition) is 6. The second-order valence-corrected chi connectivity index (χ2v) is 7.56. The summed E-state index contributed by atoms with van der Waals surface area (Å²) in [7, 11) is 2.06. The molecule has 0 saturated carbocycles. The Balaban J connectivity index is 1.80. The molecule has 1 amide bonds. The summed E-state index contributed by atoms with van der Waals surface area (Å²) in [5, 5.41) is 18.8. The van der Waals surface area contributed by atoms with Gasteiger partial charge in [0.15, 0.2) is 5.69 Å². The number of rotatable bonds is 5. The van der Waals surface area contributed by atoms with Gasteiger partial charge in [-0.3, -0.25) is 9.59 Å². The van der Waals surface area contributed by atoms with Crippen LogP contribution in [-0.2, 0) is 27.3 Å². The van der Waals surface area contributed by atoms with Crippen molar-refractivity contribution in [3.63, 3.8) is 0 Å².